The van der Waals surface area contributed by atoms with Crippen molar-refractivity contribution >= 4 is 40.9 Å². The van der Waals surface area contributed by atoms with Gasteiger partial charge in [0.25, 0.3) is 18.2 Å². The number of anilines is 2. The van der Waals surface area contributed by atoms with Crippen LogP contribution in [0.2, 0.25) is 0 Å². The number of halogens is 2. The van der Waals surface area contributed by atoms with E-state index in [2.05, 4.69) is 48.5 Å². The average Bonchev–Trinajstić information content (AvgIpc) is 2.58. The second-order valence-corrected chi connectivity index (χ2v) is 22.9. The highest BCUT2D eigenvalue weighted by molar-refractivity contribution is 6.03. The molecule has 9 rings (SSSR count). The Kier molecular flexibility index (Phi) is 22.3. The SMILES string of the molecule is COCC(=O)N[C@H](C(=O)N1Cc2cc(OCCOCCOCCOCCOCCNC(=O)c3ccc(-n4cc(NC(=O)c5coc(-c6ccnc(NCC7CC7)c6)n5)c(C(F)F)n4)cc3)ccc2CC1C(=O)C[C@@H]1CCCc2ccccc21)C(C)(C)C. The molecular weight excluding hydrogens is 1120 g/mol. The van der Waals surface area contributed by atoms with Crippen LogP contribution in [0.25, 0.3) is 17.1 Å². The number of aromatic nitrogens is 4. The van der Waals surface area contributed by atoms with Gasteiger partial charge in [0.2, 0.25) is 17.7 Å². The van der Waals surface area contributed by atoms with Gasteiger partial charge in [-0.25, -0.2) is 23.4 Å². The summed E-state index contributed by atoms with van der Waals surface area (Å²) in [7, 11) is 1.43. The second kappa shape index (κ2) is 30.6. The van der Waals surface area contributed by atoms with E-state index >= 15 is 0 Å². The third kappa shape index (κ3) is 17.8. The molecule has 3 aliphatic rings. The Morgan fingerprint density at radius 2 is 1.53 bits per heavy atom. The van der Waals surface area contributed by atoms with E-state index in [1.807, 2.05) is 51.1 Å². The number of alkyl halides is 2. The van der Waals surface area contributed by atoms with Gasteiger partial charge < -0.3 is 59.0 Å². The summed E-state index contributed by atoms with van der Waals surface area (Å²) in [4.78, 5) is 78.0. The van der Waals surface area contributed by atoms with Crippen LogP contribution in [0.15, 0.2) is 102 Å². The van der Waals surface area contributed by atoms with Crippen LogP contribution in [0.5, 0.6) is 5.75 Å². The van der Waals surface area contributed by atoms with E-state index < -0.39 is 41.4 Å². The first-order valence-electron chi connectivity index (χ1n) is 29.6. The molecule has 4 heterocycles. The number of carbonyl (C=O) groups is 5. The number of benzene rings is 3. The maximum absolute atomic E-state index is 14.6. The number of ketones is 1. The molecule has 4 amide bonds. The Morgan fingerprint density at radius 1 is 0.805 bits per heavy atom. The highest BCUT2D eigenvalue weighted by Crippen LogP contribution is 2.37. The highest BCUT2D eigenvalue weighted by Gasteiger charge is 2.43. The fraction of sp³-hybridized carbons (Fsp3) is 0.469. The number of carbonyl (C=O) groups excluding carboxylic acids is 5. The standard InChI is InChI=1S/C64H77F2N9O12/c1-64(2,3)58(72-56(77)40-81-4)63(80)74-37-47-32-49(19-16-44(47)33-53(74)54(76)34-45-10-7-9-42-8-5-6-11-50(42)45)86-31-30-85-29-28-84-27-26-83-25-24-82-23-22-68-60(78)43-14-17-48(18-15-43)75-38-51(57(73-75)59(65)66)70-61(79)52-39-87-62(71-52)46-20-21-67-55(35-46)69-36-41-12-13-41/h5-6,8,11,14-21,32,35,38-39,41,45,53,58-59H,7,9-10,12-13,22-31,33-34,36-37,40H2,1-4H3,(H,67,69)(H,68,78)(H,70,79)(H,72,77)/t45-,53?,58+/m0/s1. The smallest absolute Gasteiger partial charge is 0.284 e. The minimum absolute atomic E-state index is 0.00934. The molecule has 3 atom stereocenters. The van der Waals surface area contributed by atoms with E-state index in [1.54, 1.807) is 35.4 Å². The zero-order chi connectivity index (χ0) is 61.3. The maximum atomic E-state index is 14.6. The minimum Gasteiger partial charge on any atom is -0.491 e. The van der Waals surface area contributed by atoms with Gasteiger partial charge in [-0.15, -0.1) is 0 Å². The van der Waals surface area contributed by atoms with Gasteiger partial charge in [-0.2, -0.15) is 5.10 Å². The van der Waals surface area contributed by atoms with Crippen molar-refractivity contribution in [2.24, 2.45) is 11.3 Å². The van der Waals surface area contributed by atoms with E-state index in [-0.39, 0.29) is 73.7 Å². The number of rotatable bonds is 32. The first-order valence-corrected chi connectivity index (χ1v) is 29.6. The normalized spacial score (nSPS) is 16.0. The van der Waals surface area contributed by atoms with Gasteiger partial charge in [-0.3, -0.25) is 24.0 Å². The molecule has 6 aromatic rings. The second-order valence-electron chi connectivity index (χ2n) is 22.9. The lowest BCUT2D eigenvalue weighted by atomic mass is 9.78. The Bertz CT molecular complexity index is 3290. The zero-order valence-electron chi connectivity index (χ0n) is 49.7. The molecule has 0 spiro atoms. The largest absolute Gasteiger partial charge is 0.491 e. The summed E-state index contributed by atoms with van der Waals surface area (Å²) in [6.07, 6.45) is 6.97. The molecule has 2 aliphatic carbocycles. The number of ether oxygens (including phenoxy) is 6. The summed E-state index contributed by atoms with van der Waals surface area (Å²) in [5, 5.41) is 15.4. The first kappa shape index (κ1) is 63.5. The predicted molar refractivity (Wildman–Crippen MR) is 318 cm³/mol. The van der Waals surface area contributed by atoms with Crippen molar-refractivity contribution in [2.45, 2.75) is 96.7 Å². The lowest BCUT2D eigenvalue weighted by Crippen LogP contribution is -2.59. The van der Waals surface area contributed by atoms with Crippen molar-refractivity contribution in [1.82, 2.24) is 35.3 Å². The number of aryl methyl sites for hydroxylation is 1. The minimum atomic E-state index is -3.00. The van der Waals surface area contributed by atoms with E-state index in [0.717, 1.165) is 43.2 Å². The molecule has 1 aliphatic heterocycles. The van der Waals surface area contributed by atoms with Gasteiger partial charge >= 0.3 is 0 Å². The number of hydrogen-bond acceptors (Lipinski definition) is 16. The summed E-state index contributed by atoms with van der Waals surface area (Å²) in [5.41, 5.74) is 4.00. The fourth-order valence-electron chi connectivity index (χ4n) is 10.6. The van der Waals surface area contributed by atoms with Gasteiger partial charge in [0.1, 0.15) is 37.1 Å². The lowest BCUT2D eigenvalue weighted by Gasteiger charge is -2.41. The van der Waals surface area contributed by atoms with Crippen LogP contribution in [0.4, 0.5) is 20.3 Å². The Labute approximate surface area is 504 Å². The molecule has 464 valence electrons. The Morgan fingerprint density at radius 3 is 2.24 bits per heavy atom. The molecule has 0 radical (unpaired) electrons. The van der Waals surface area contributed by atoms with E-state index in [9.17, 15) is 32.8 Å². The van der Waals surface area contributed by atoms with Gasteiger partial charge in [-0.05, 0) is 120 Å². The van der Waals surface area contributed by atoms with Crippen molar-refractivity contribution in [3.63, 3.8) is 0 Å². The quantitative estimate of drug-likeness (QED) is 0.0290. The molecule has 3 aromatic heterocycles. The summed E-state index contributed by atoms with van der Waals surface area (Å²) in [5.74, 6) is 0.306. The van der Waals surface area contributed by atoms with Gasteiger partial charge in [0.15, 0.2) is 17.2 Å². The van der Waals surface area contributed by atoms with E-state index in [0.29, 0.717) is 93.4 Å². The predicted octanol–water partition coefficient (Wildman–Crippen LogP) is 8.32. The third-order valence-corrected chi connectivity index (χ3v) is 15.3. The number of nitrogens with zero attached hydrogens (tertiary/aromatic N) is 5. The van der Waals surface area contributed by atoms with Crippen LogP contribution < -0.4 is 26.0 Å². The highest BCUT2D eigenvalue weighted by atomic mass is 19.3. The van der Waals surface area contributed by atoms with Crippen LogP contribution in [-0.4, -0.2) is 152 Å². The fourth-order valence-corrected chi connectivity index (χ4v) is 10.6. The maximum Gasteiger partial charge on any atom is 0.284 e. The third-order valence-electron chi connectivity index (χ3n) is 15.3. The molecule has 1 unspecified atom stereocenters. The van der Waals surface area contributed by atoms with Gasteiger partial charge in [0, 0.05) is 56.9 Å². The zero-order valence-corrected chi connectivity index (χ0v) is 49.7. The number of amides is 4. The number of methoxy groups -OCH3 is 1. The molecule has 1 fully saturated rings. The summed E-state index contributed by atoms with van der Waals surface area (Å²) < 4.78 is 68.6. The number of oxazole rings is 1. The molecule has 0 saturated heterocycles. The van der Waals surface area contributed by atoms with Crippen molar-refractivity contribution in [2.75, 3.05) is 96.9 Å². The van der Waals surface area contributed by atoms with E-state index in [1.165, 1.54) is 54.1 Å². The Hall–Kier alpha value is -7.96. The number of fused-ring (bicyclic) bond motifs is 2. The van der Waals surface area contributed by atoms with Crippen LogP contribution >= 0.6 is 0 Å². The number of nitrogens with one attached hydrogen (secondary N) is 4. The summed E-state index contributed by atoms with van der Waals surface area (Å²) >= 11 is 0. The van der Waals surface area contributed by atoms with Crippen LogP contribution in [-0.2, 0) is 57.5 Å². The average molecular weight is 1200 g/mol. The topological polar surface area (TPSA) is 249 Å². The molecule has 23 heteroatoms. The summed E-state index contributed by atoms with van der Waals surface area (Å²) in [6, 6.07) is 22.1. The van der Waals surface area contributed by atoms with Crippen LogP contribution in [0.1, 0.15) is 114 Å². The van der Waals surface area contributed by atoms with E-state index in [4.69, 9.17) is 32.8 Å². The molecule has 3 aromatic carbocycles. The first-order chi connectivity index (χ1) is 42.1. The van der Waals surface area contributed by atoms with Crippen molar-refractivity contribution in [1.29, 1.82) is 0 Å². The van der Waals surface area contributed by atoms with Crippen molar-refractivity contribution < 1.29 is 65.6 Å². The van der Waals surface area contributed by atoms with Crippen molar-refractivity contribution in [3.05, 3.63) is 137 Å². The van der Waals surface area contributed by atoms with Crippen LogP contribution in [0.3, 0.4) is 0 Å². The number of hydrogen-bond donors (Lipinski definition) is 4. The Balaban J connectivity index is 0.633. The molecule has 1 saturated carbocycles. The lowest BCUT2D eigenvalue weighted by molar-refractivity contribution is -0.147. The number of pyridine rings is 1. The monoisotopic (exact) mass is 1200 g/mol. The molecule has 4 N–H and O–H groups in total. The van der Waals surface area contributed by atoms with Gasteiger partial charge in [-0.1, -0.05) is 51.1 Å². The number of Topliss-reactive ketones (excluding diaryl/α,β-unsaturated/α-hetero) is 1. The molecule has 21 nitrogen and oxygen atoms in total. The molecular formula is C64H77F2N9O12. The molecule has 0 bridgehead atoms. The summed E-state index contributed by atoms with van der Waals surface area (Å²) in [6.45, 7) is 9.56. The van der Waals surface area contributed by atoms with Gasteiger partial charge in [0.05, 0.1) is 76.5 Å². The van der Waals surface area contributed by atoms with Crippen LogP contribution in [0, 0.1) is 11.3 Å². The molecule has 87 heavy (non-hydrogen) atoms. The van der Waals surface area contributed by atoms with Crippen molar-refractivity contribution in [3.8, 4) is 22.9 Å².